The number of carbonyl (C=O) groups excluding carboxylic acids is 2. The van der Waals surface area contributed by atoms with Gasteiger partial charge >= 0.3 is 5.97 Å². The first-order valence-electron chi connectivity index (χ1n) is 8.60. The summed E-state index contributed by atoms with van der Waals surface area (Å²) in [7, 11) is 1.56. The Labute approximate surface area is 176 Å². The van der Waals surface area contributed by atoms with Crippen molar-refractivity contribution in [1.82, 2.24) is 5.43 Å². The van der Waals surface area contributed by atoms with E-state index >= 15 is 0 Å². The van der Waals surface area contributed by atoms with E-state index in [1.54, 1.807) is 79.9 Å². The van der Waals surface area contributed by atoms with Gasteiger partial charge in [0.15, 0.2) is 0 Å². The van der Waals surface area contributed by atoms with E-state index in [0.717, 1.165) is 10.0 Å². The summed E-state index contributed by atoms with van der Waals surface area (Å²) in [5.74, 6) is 0.300. The molecule has 0 spiro atoms. The van der Waals surface area contributed by atoms with Crippen molar-refractivity contribution in [2.45, 2.75) is 0 Å². The van der Waals surface area contributed by atoms with Crippen LogP contribution in [0.25, 0.3) is 0 Å². The van der Waals surface area contributed by atoms with Crippen LogP contribution in [0.5, 0.6) is 11.5 Å². The molecule has 7 heteroatoms. The van der Waals surface area contributed by atoms with Crippen LogP contribution in [-0.4, -0.2) is 25.2 Å². The Balaban J connectivity index is 1.55. The highest BCUT2D eigenvalue weighted by Gasteiger charge is 2.08. The van der Waals surface area contributed by atoms with Crippen LogP contribution in [0.1, 0.15) is 26.3 Å². The number of nitrogens with zero attached hydrogens (tertiary/aromatic N) is 1. The summed E-state index contributed by atoms with van der Waals surface area (Å²) in [4.78, 5) is 24.2. The average Bonchev–Trinajstić information content (AvgIpc) is 2.75. The Bertz CT molecular complexity index is 1010. The van der Waals surface area contributed by atoms with Gasteiger partial charge in [-0.1, -0.05) is 15.9 Å². The van der Waals surface area contributed by atoms with E-state index in [1.807, 2.05) is 0 Å². The van der Waals surface area contributed by atoms with Gasteiger partial charge in [0.2, 0.25) is 0 Å². The zero-order valence-electron chi connectivity index (χ0n) is 15.5. The summed E-state index contributed by atoms with van der Waals surface area (Å²) >= 11 is 3.32. The Morgan fingerprint density at radius 3 is 2.07 bits per heavy atom. The number of hydrogen-bond donors (Lipinski definition) is 1. The molecule has 146 valence electrons. The van der Waals surface area contributed by atoms with Crippen molar-refractivity contribution < 1.29 is 19.1 Å². The van der Waals surface area contributed by atoms with E-state index < -0.39 is 5.97 Å². The number of rotatable bonds is 6. The zero-order chi connectivity index (χ0) is 20.6. The maximum atomic E-state index is 12.2. The largest absolute Gasteiger partial charge is 0.497 e. The molecule has 0 saturated heterocycles. The lowest BCUT2D eigenvalue weighted by Crippen LogP contribution is -2.17. The molecule has 0 saturated carbocycles. The number of amides is 1. The number of nitrogens with one attached hydrogen (secondary N) is 1. The number of esters is 1. The van der Waals surface area contributed by atoms with E-state index in [9.17, 15) is 9.59 Å². The summed E-state index contributed by atoms with van der Waals surface area (Å²) < 4.78 is 11.3. The smallest absolute Gasteiger partial charge is 0.343 e. The van der Waals surface area contributed by atoms with Crippen LogP contribution in [0, 0.1) is 0 Å². The van der Waals surface area contributed by atoms with E-state index in [-0.39, 0.29) is 5.91 Å². The van der Waals surface area contributed by atoms with Crippen LogP contribution >= 0.6 is 15.9 Å². The highest BCUT2D eigenvalue weighted by atomic mass is 79.9. The average molecular weight is 453 g/mol. The minimum Gasteiger partial charge on any atom is -0.497 e. The van der Waals surface area contributed by atoms with Crippen LogP contribution in [0.2, 0.25) is 0 Å². The van der Waals surface area contributed by atoms with Gasteiger partial charge in [-0.15, -0.1) is 0 Å². The van der Waals surface area contributed by atoms with Gasteiger partial charge in [0.05, 0.1) is 18.9 Å². The highest BCUT2D eigenvalue weighted by molar-refractivity contribution is 9.10. The minimum absolute atomic E-state index is 0.307. The molecule has 6 nitrogen and oxygen atoms in total. The van der Waals surface area contributed by atoms with E-state index in [2.05, 4.69) is 26.5 Å². The molecular weight excluding hydrogens is 436 g/mol. The lowest BCUT2D eigenvalue weighted by Gasteiger charge is -2.05. The second-order valence-electron chi connectivity index (χ2n) is 5.89. The van der Waals surface area contributed by atoms with Crippen LogP contribution in [0.3, 0.4) is 0 Å². The van der Waals surface area contributed by atoms with Crippen molar-refractivity contribution in [2.75, 3.05) is 7.11 Å². The Hall–Kier alpha value is -3.45. The third kappa shape index (κ3) is 5.76. The summed E-state index contributed by atoms with van der Waals surface area (Å²) in [5.41, 5.74) is 4.13. The number of hydrazone groups is 1. The lowest BCUT2D eigenvalue weighted by molar-refractivity contribution is 0.0734. The molecule has 3 aromatic carbocycles. The molecule has 3 aromatic rings. The molecule has 0 aliphatic rings. The SMILES string of the molecule is COc1ccc(C(=O)Oc2ccc(/C=N/NC(=O)c3ccc(Br)cc3)cc2)cc1. The monoisotopic (exact) mass is 452 g/mol. The second kappa shape index (κ2) is 9.66. The third-order valence-electron chi connectivity index (χ3n) is 3.90. The fourth-order valence-electron chi connectivity index (χ4n) is 2.35. The standard InChI is InChI=1S/C22H17BrN2O4/c1-28-19-12-6-17(7-13-19)22(27)29-20-10-2-15(3-11-20)14-24-25-21(26)16-4-8-18(23)9-5-16/h2-14H,1H3,(H,25,26)/b24-14+. The predicted octanol–water partition coefficient (Wildman–Crippen LogP) is 4.44. The van der Waals surface area contributed by atoms with Crippen molar-refractivity contribution in [3.8, 4) is 11.5 Å². The maximum Gasteiger partial charge on any atom is 0.343 e. The molecule has 0 radical (unpaired) electrons. The van der Waals surface area contributed by atoms with Crippen LogP contribution in [0.4, 0.5) is 0 Å². The lowest BCUT2D eigenvalue weighted by atomic mass is 10.2. The first-order chi connectivity index (χ1) is 14.0. The van der Waals surface area contributed by atoms with Crippen molar-refractivity contribution in [3.63, 3.8) is 0 Å². The highest BCUT2D eigenvalue weighted by Crippen LogP contribution is 2.16. The number of hydrogen-bond acceptors (Lipinski definition) is 5. The number of benzene rings is 3. The van der Waals surface area contributed by atoms with Crippen molar-refractivity contribution in [3.05, 3.63) is 94.0 Å². The van der Waals surface area contributed by atoms with Gasteiger partial charge in [0.25, 0.3) is 5.91 Å². The zero-order valence-corrected chi connectivity index (χ0v) is 17.0. The molecule has 0 heterocycles. The summed E-state index contributed by atoms with van der Waals surface area (Å²) in [6.07, 6.45) is 1.51. The van der Waals surface area contributed by atoms with Gasteiger partial charge in [-0.2, -0.15) is 5.10 Å². The number of methoxy groups -OCH3 is 1. The van der Waals surface area contributed by atoms with Crippen molar-refractivity contribution in [2.24, 2.45) is 5.10 Å². The van der Waals surface area contributed by atoms with Crippen LogP contribution in [-0.2, 0) is 0 Å². The first kappa shape index (κ1) is 20.3. The second-order valence-corrected chi connectivity index (χ2v) is 6.81. The Morgan fingerprint density at radius 2 is 1.45 bits per heavy atom. The number of carbonyl (C=O) groups is 2. The molecule has 0 fully saturated rings. The van der Waals surface area contributed by atoms with Gasteiger partial charge in [-0.25, -0.2) is 10.2 Å². The molecule has 0 unspecified atom stereocenters. The molecule has 0 aromatic heterocycles. The van der Waals surface area contributed by atoms with Crippen LogP contribution in [0.15, 0.2) is 82.4 Å². The fourth-order valence-corrected chi connectivity index (χ4v) is 2.61. The molecule has 0 bridgehead atoms. The summed E-state index contributed by atoms with van der Waals surface area (Å²) in [6.45, 7) is 0. The molecule has 0 aliphatic carbocycles. The Morgan fingerprint density at radius 1 is 0.862 bits per heavy atom. The van der Waals surface area contributed by atoms with Gasteiger partial charge in [-0.05, 0) is 78.4 Å². The summed E-state index contributed by atoms with van der Waals surface area (Å²) in [6, 6.07) is 20.4. The topological polar surface area (TPSA) is 77.0 Å². The molecule has 29 heavy (non-hydrogen) atoms. The fraction of sp³-hybridized carbons (Fsp3) is 0.0455. The van der Waals surface area contributed by atoms with Crippen molar-refractivity contribution in [1.29, 1.82) is 0 Å². The summed E-state index contributed by atoms with van der Waals surface area (Å²) in [5, 5.41) is 3.94. The number of halogens is 1. The van der Waals surface area contributed by atoms with Crippen molar-refractivity contribution >= 4 is 34.0 Å². The van der Waals surface area contributed by atoms with E-state index in [0.29, 0.717) is 22.6 Å². The van der Waals surface area contributed by atoms with E-state index in [1.165, 1.54) is 6.21 Å². The molecule has 1 N–H and O–H groups in total. The molecule has 0 aliphatic heterocycles. The molecular formula is C22H17BrN2O4. The minimum atomic E-state index is -0.462. The quantitative estimate of drug-likeness (QED) is 0.259. The van der Waals surface area contributed by atoms with Gasteiger partial charge in [-0.3, -0.25) is 4.79 Å². The Kier molecular flexibility index (Phi) is 6.76. The third-order valence-corrected chi connectivity index (χ3v) is 4.43. The van der Waals surface area contributed by atoms with Gasteiger partial charge in [0.1, 0.15) is 11.5 Å². The van der Waals surface area contributed by atoms with Crippen LogP contribution < -0.4 is 14.9 Å². The molecule has 1 amide bonds. The molecule has 0 atom stereocenters. The normalized spacial score (nSPS) is 10.6. The first-order valence-corrected chi connectivity index (χ1v) is 9.40. The predicted molar refractivity (Wildman–Crippen MR) is 114 cm³/mol. The van der Waals surface area contributed by atoms with Gasteiger partial charge in [0, 0.05) is 10.0 Å². The molecule has 3 rings (SSSR count). The maximum absolute atomic E-state index is 12.2. The van der Waals surface area contributed by atoms with E-state index in [4.69, 9.17) is 9.47 Å². The number of ether oxygens (including phenoxy) is 2. The van der Waals surface area contributed by atoms with Gasteiger partial charge < -0.3 is 9.47 Å².